The molecule has 0 aliphatic heterocycles. The second-order valence-electron chi connectivity index (χ2n) is 11.3. The van der Waals surface area contributed by atoms with Crippen molar-refractivity contribution in [1.82, 2.24) is 24.9 Å². The Morgan fingerprint density at radius 3 is 2.52 bits per heavy atom. The van der Waals surface area contributed by atoms with E-state index in [0.29, 0.717) is 34.9 Å². The highest BCUT2D eigenvalue weighted by atomic mass is 35.5. The number of carbonyl (C=O) groups is 3. The third kappa shape index (κ3) is 6.56. The van der Waals surface area contributed by atoms with Crippen molar-refractivity contribution in [2.24, 2.45) is 22.5 Å². The van der Waals surface area contributed by atoms with Gasteiger partial charge in [-0.05, 0) is 74.6 Å². The molecular weight excluding hydrogens is 588 g/mol. The van der Waals surface area contributed by atoms with Crippen molar-refractivity contribution in [1.29, 1.82) is 0 Å². The van der Waals surface area contributed by atoms with Crippen molar-refractivity contribution in [2.45, 2.75) is 66.8 Å². The van der Waals surface area contributed by atoms with Gasteiger partial charge < -0.3 is 25.3 Å². The number of nitrogens with two attached hydrogens (primary N) is 1. The van der Waals surface area contributed by atoms with Gasteiger partial charge in [-0.15, -0.1) is 12.4 Å². The highest BCUT2D eigenvalue weighted by Crippen LogP contribution is 2.59. The molecule has 1 amide bonds. The molecule has 13 heteroatoms. The van der Waals surface area contributed by atoms with Gasteiger partial charge in [0.1, 0.15) is 11.2 Å². The minimum Gasteiger partial charge on any atom is -0.477 e. The van der Waals surface area contributed by atoms with Gasteiger partial charge in [-0.25, -0.2) is 19.3 Å². The van der Waals surface area contributed by atoms with Gasteiger partial charge in [0, 0.05) is 25.6 Å². The molecule has 3 aromatic heterocycles. The molecule has 238 valence electrons. The molecule has 0 saturated heterocycles. The molecule has 44 heavy (non-hydrogen) atoms. The van der Waals surface area contributed by atoms with E-state index in [9.17, 15) is 19.5 Å². The lowest BCUT2D eigenvalue weighted by Crippen LogP contribution is -2.53. The van der Waals surface area contributed by atoms with E-state index >= 15 is 0 Å². The summed E-state index contributed by atoms with van der Waals surface area (Å²) in [4.78, 5) is 44.2. The Balaban J connectivity index is 0.000000255. The van der Waals surface area contributed by atoms with Crippen molar-refractivity contribution >= 4 is 47.0 Å². The Bertz CT molecular complexity index is 1640. The number of hydrogen-bond acceptors (Lipinski definition) is 9. The third-order valence-electron chi connectivity index (χ3n) is 8.88. The monoisotopic (exact) mass is 628 g/mol. The van der Waals surface area contributed by atoms with Crippen LogP contribution in [0.15, 0.2) is 40.9 Å². The quantitative estimate of drug-likeness (QED) is 0.237. The molecule has 4 N–H and O–H groups in total. The summed E-state index contributed by atoms with van der Waals surface area (Å²) in [6.45, 7) is 7.41. The maximum Gasteiger partial charge on any atom is 0.354 e. The number of aromatic nitrogens is 4. The van der Waals surface area contributed by atoms with Crippen molar-refractivity contribution in [2.75, 3.05) is 13.2 Å². The number of ether oxygens (including phenoxy) is 1. The van der Waals surface area contributed by atoms with Gasteiger partial charge in [0.2, 0.25) is 0 Å². The zero-order chi connectivity index (χ0) is 30.1. The first kappa shape index (κ1) is 34.5. The molecule has 3 fully saturated rings. The number of aromatic carboxylic acids is 1. The average molecular weight is 629 g/mol. The van der Waals surface area contributed by atoms with Crippen LogP contribution < -0.4 is 11.1 Å². The van der Waals surface area contributed by atoms with E-state index in [-0.39, 0.29) is 54.8 Å². The van der Waals surface area contributed by atoms with Crippen LogP contribution in [0.1, 0.15) is 85.8 Å². The molecule has 1 aromatic carbocycles. The summed E-state index contributed by atoms with van der Waals surface area (Å²) >= 11 is 0. The number of carboxylic acid groups (broad SMARTS) is 1. The topological polar surface area (TPSA) is 175 Å². The van der Waals surface area contributed by atoms with Gasteiger partial charge in [0.05, 0.1) is 18.2 Å². The van der Waals surface area contributed by atoms with Crippen LogP contribution in [-0.4, -0.2) is 55.7 Å². The van der Waals surface area contributed by atoms with Crippen LogP contribution in [0.5, 0.6) is 0 Å². The van der Waals surface area contributed by atoms with Gasteiger partial charge in [0.15, 0.2) is 22.8 Å². The number of aryl methyl sites for hydroxylation is 1. The lowest BCUT2D eigenvalue weighted by atomic mass is 9.49. The Hall–Kier alpha value is -4.03. The number of oxazole rings is 1. The molecule has 3 aliphatic rings. The first-order valence-electron chi connectivity index (χ1n) is 14.2. The molecule has 0 radical (unpaired) electrons. The van der Waals surface area contributed by atoms with E-state index in [0.717, 1.165) is 44.2 Å². The van der Waals surface area contributed by atoms with Crippen molar-refractivity contribution in [3.05, 3.63) is 59.4 Å². The summed E-state index contributed by atoms with van der Waals surface area (Å²) in [5.74, 6) is -0.507. The predicted octanol–water partition coefficient (Wildman–Crippen LogP) is 4.96. The standard InChI is InChI=1S/C17H13N5O4.C13H23NO2.CH4.ClH/c1-9-20-11-6-10(2-3-14(11)26-9)8-18-16(23)12-7-13(17(24)25)22-15(21-12)4-5-19-22;1-3-16-11(15)12-4-6-13(9-14,7-5-12)10(2)8-12;;/h2-7H,8H2,1H3,(H,18,23)(H,24,25);10H,3-9,14H2,1-2H3;1H4;1H. The average Bonchev–Trinajstić information content (AvgIpc) is 3.61. The SMILES string of the molecule is C.CCOC(=O)C12CCC(CN)(CC1)C(C)C2.Cc1nc2cc(CNC(=O)c3cc(C(=O)O)n4nccc4n3)ccc2o1.Cl. The fourth-order valence-electron chi connectivity index (χ4n) is 6.36. The number of nitrogens with one attached hydrogen (secondary N) is 1. The first-order valence-corrected chi connectivity index (χ1v) is 14.2. The Morgan fingerprint density at radius 1 is 1.16 bits per heavy atom. The van der Waals surface area contributed by atoms with Crippen LogP contribution in [0.3, 0.4) is 0 Å². The molecule has 1 atom stereocenters. The maximum absolute atomic E-state index is 12.4. The third-order valence-corrected chi connectivity index (χ3v) is 8.88. The van der Waals surface area contributed by atoms with Gasteiger partial charge >= 0.3 is 11.9 Å². The van der Waals surface area contributed by atoms with E-state index in [1.165, 1.54) is 22.8 Å². The number of benzene rings is 1. The highest BCUT2D eigenvalue weighted by molar-refractivity contribution is 5.96. The van der Waals surface area contributed by atoms with Crippen LogP contribution in [-0.2, 0) is 16.1 Å². The summed E-state index contributed by atoms with van der Waals surface area (Å²) in [7, 11) is 0. The maximum atomic E-state index is 12.4. The number of carboxylic acids is 1. The number of fused-ring (bicyclic) bond motifs is 5. The molecule has 12 nitrogen and oxygen atoms in total. The van der Waals surface area contributed by atoms with E-state index < -0.39 is 11.9 Å². The van der Waals surface area contributed by atoms with E-state index in [2.05, 4.69) is 27.3 Å². The zero-order valence-corrected chi connectivity index (χ0v) is 25.3. The first-order chi connectivity index (χ1) is 20.1. The van der Waals surface area contributed by atoms with E-state index in [4.69, 9.17) is 14.9 Å². The molecule has 7 rings (SSSR count). The number of amides is 1. The summed E-state index contributed by atoms with van der Waals surface area (Å²) < 4.78 is 11.8. The second kappa shape index (κ2) is 13.7. The largest absolute Gasteiger partial charge is 0.477 e. The van der Waals surface area contributed by atoms with Gasteiger partial charge in [-0.1, -0.05) is 20.4 Å². The summed E-state index contributed by atoms with van der Waals surface area (Å²) in [6, 6.07) is 8.16. The van der Waals surface area contributed by atoms with Crippen molar-refractivity contribution in [3.63, 3.8) is 0 Å². The van der Waals surface area contributed by atoms with Gasteiger partial charge in [0.25, 0.3) is 5.91 Å². The van der Waals surface area contributed by atoms with Gasteiger partial charge in [-0.2, -0.15) is 5.10 Å². The Labute approximate surface area is 262 Å². The lowest BCUT2D eigenvalue weighted by Gasteiger charge is -2.55. The highest BCUT2D eigenvalue weighted by Gasteiger charge is 2.56. The molecule has 0 spiro atoms. The van der Waals surface area contributed by atoms with Crippen LogP contribution >= 0.6 is 12.4 Å². The molecule has 3 heterocycles. The summed E-state index contributed by atoms with van der Waals surface area (Å²) in [5, 5.41) is 15.9. The van der Waals surface area contributed by atoms with E-state index in [1.54, 1.807) is 13.0 Å². The second-order valence-corrected chi connectivity index (χ2v) is 11.3. The summed E-state index contributed by atoms with van der Waals surface area (Å²) in [5.41, 5.74) is 8.45. The number of carbonyl (C=O) groups excluding carboxylic acids is 2. The van der Waals surface area contributed by atoms with Gasteiger partial charge in [-0.3, -0.25) is 9.59 Å². The number of nitrogens with zero attached hydrogens (tertiary/aromatic N) is 4. The minimum atomic E-state index is -1.19. The van der Waals surface area contributed by atoms with Crippen LogP contribution in [0.25, 0.3) is 16.7 Å². The molecular formula is C31H41ClN6O6. The van der Waals surface area contributed by atoms with E-state index in [1.807, 2.05) is 19.1 Å². The lowest BCUT2D eigenvalue weighted by molar-refractivity contribution is -0.169. The summed E-state index contributed by atoms with van der Waals surface area (Å²) in [6.07, 6.45) is 6.56. The normalized spacial score (nSPS) is 21.9. The van der Waals surface area contributed by atoms with Crippen LogP contribution in [0.2, 0.25) is 0 Å². The molecule has 3 aliphatic carbocycles. The fourth-order valence-corrected chi connectivity index (χ4v) is 6.36. The van der Waals surface area contributed by atoms with Crippen molar-refractivity contribution in [3.8, 4) is 0 Å². The van der Waals surface area contributed by atoms with Crippen LogP contribution in [0, 0.1) is 23.7 Å². The number of halogens is 1. The number of hydrogen-bond donors (Lipinski definition) is 3. The fraction of sp³-hybridized carbons (Fsp3) is 0.484. The molecule has 3 saturated carbocycles. The number of rotatable bonds is 7. The zero-order valence-electron chi connectivity index (χ0n) is 24.5. The molecule has 4 aromatic rings. The Morgan fingerprint density at radius 2 is 1.89 bits per heavy atom. The number of esters is 1. The van der Waals surface area contributed by atoms with Crippen LogP contribution in [0.4, 0.5) is 0 Å². The molecule has 1 unspecified atom stereocenters. The van der Waals surface area contributed by atoms with Crippen molar-refractivity contribution < 1.29 is 28.6 Å². The smallest absolute Gasteiger partial charge is 0.354 e. The molecule has 2 bridgehead atoms. The minimum absolute atomic E-state index is 0. The predicted molar refractivity (Wildman–Crippen MR) is 167 cm³/mol. The Kier molecular flexibility index (Phi) is 10.8.